The maximum absolute atomic E-state index is 13.0. The summed E-state index contributed by atoms with van der Waals surface area (Å²) in [5.74, 6) is -0.288. The molecule has 7 nitrogen and oxygen atoms in total. The summed E-state index contributed by atoms with van der Waals surface area (Å²) in [6, 6.07) is 17.1. The van der Waals surface area contributed by atoms with Gasteiger partial charge in [-0.25, -0.2) is 9.82 Å². The number of hydrazone groups is 1. The first-order valence-electron chi connectivity index (χ1n) is 9.65. The van der Waals surface area contributed by atoms with E-state index in [1.54, 1.807) is 49.4 Å². The number of halogens is 1. The van der Waals surface area contributed by atoms with Crippen LogP contribution in [0.4, 0.5) is 10.1 Å². The van der Waals surface area contributed by atoms with Crippen LogP contribution in [-0.2, 0) is 0 Å². The molecule has 0 radical (unpaired) electrons. The monoisotopic (exact) mass is 435 g/mol. The predicted octanol–water partition coefficient (Wildman–Crippen LogP) is 4.25. The average Bonchev–Trinajstić information content (AvgIpc) is 2.82. The Labute approximate surface area is 184 Å². The van der Waals surface area contributed by atoms with Crippen LogP contribution in [-0.4, -0.2) is 31.7 Å². The quantitative estimate of drug-likeness (QED) is 0.429. The van der Waals surface area contributed by atoms with E-state index in [4.69, 9.17) is 9.47 Å². The Balaban J connectivity index is 1.71. The molecule has 0 fully saturated rings. The highest BCUT2D eigenvalue weighted by Gasteiger charge is 2.13. The van der Waals surface area contributed by atoms with Crippen LogP contribution in [0, 0.1) is 5.82 Å². The van der Waals surface area contributed by atoms with Crippen LogP contribution < -0.4 is 20.2 Å². The van der Waals surface area contributed by atoms with Crippen molar-refractivity contribution in [2.24, 2.45) is 5.10 Å². The zero-order chi connectivity index (χ0) is 23.1. The molecule has 0 unspecified atom stereocenters. The van der Waals surface area contributed by atoms with Crippen molar-refractivity contribution < 1.29 is 23.5 Å². The number of anilines is 1. The topological polar surface area (TPSA) is 89.0 Å². The number of nitrogens with zero attached hydrogens (tertiary/aromatic N) is 1. The third-order valence-electron chi connectivity index (χ3n) is 4.62. The molecule has 0 atom stereocenters. The van der Waals surface area contributed by atoms with Crippen LogP contribution in [0.1, 0.15) is 33.2 Å². The minimum absolute atomic E-state index is 0.310. The maximum Gasteiger partial charge on any atom is 0.275 e. The van der Waals surface area contributed by atoms with Gasteiger partial charge in [0.15, 0.2) is 0 Å². The first kappa shape index (κ1) is 22.5. The maximum atomic E-state index is 13.0. The van der Waals surface area contributed by atoms with Crippen molar-refractivity contribution in [2.75, 3.05) is 19.5 Å². The second kappa shape index (κ2) is 10.2. The Morgan fingerprint density at radius 3 is 2.31 bits per heavy atom. The van der Waals surface area contributed by atoms with E-state index in [1.165, 1.54) is 38.5 Å². The molecule has 0 spiro atoms. The van der Waals surface area contributed by atoms with Crippen LogP contribution >= 0.6 is 0 Å². The van der Waals surface area contributed by atoms with Crippen molar-refractivity contribution in [3.63, 3.8) is 0 Å². The Bertz CT molecular complexity index is 1160. The number of benzene rings is 3. The molecule has 3 aromatic rings. The molecule has 0 aliphatic heterocycles. The second-order valence-electron chi connectivity index (χ2n) is 6.75. The van der Waals surface area contributed by atoms with E-state index in [9.17, 15) is 14.0 Å². The van der Waals surface area contributed by atoms with Gasteiger partial charge in [0.25, 0.3) is 11.8 Å². The number of ether oxygens (including phenoxy) is 2. The summed E-state index contributed by atoms with van der Waals surface area (Å²) in [6.45, 7) is 1.73. The Kier molecular flexibility index (Phi) is 7.17. The molecular weight excluding hydrogens is 413 g/mol. The van der Waals surface area contributed by atoms with Gasteiger partial charge in [-0.3, -0.25) is 9.59 Å². The van der Waals surface area contributed by atoms with Crippen LogP contribution in [0.25, 0.3) is 0 Å². The molecule has 32 heavy (non-hydrogen) atoms. The number of methoxy groups -OCH3 is 2. The van der Waals surface area contributed by atoms with Crippen molar-refractivity contribution in [1.82, 2.24) is 5.43 Å². The number of amides is 2. The highest BCUT2D eigenvalue weighted by Crippen LogP contribution is 2.24. The van der Waals surface area contributed by atoms with Crippen LogP contribution in [0.5, 0.6) is 11.5 Å². The summed E-state index contributed by atoms with van der Waals surface area (Å²) in [5, 5.41) is 6.91. The Hall–Kier alpha value is -4.20. The minimum atomic E-state index is -0.440. The molecule has 3 rings (SSSR count). The van der Waals surface area contributed by atoms with Gasteiger partial charge >= 0.3 is 0 Å². The number of hydrogen-bond acceptors (Lipinski definition) is 5. The van der Waals surface area contributed by atoms with Gasteiger partial charge in [-0.05, 0) is 61.0 Å². The highest BCUT2D eigenvalue weighted by molar-refractivity contribution is 6.06. The number of hydrogen-bond donors (Lipinski definition) is 2. The van der Waals surface area contributed by atoms with Crippen molar-refractivity contribution in [3.05, 3.63) is 89.2 Å². The van der Waals surface area contributed by atoms with Crippen LogP contribution in [0.2, 0.25) is 0 Å². The summed E-state index contributed by atoms with van der Waals surface area (Å²) < 4.78 is 23.4. The van der Waals surface area contributed by atoms with Gasteiger partial charge < -0.3 is 14.8 Å². The molecule has 0 bridgehead atoms. The summed E-state index contributed by atoms with van der Waals surface area (Å²) in [4.78, 5) is 24.9. The van der Waals surface area contributed by atoms with E-state index in [-0.39, 0.29) is 5.91 Å². The molecular formula is C24H22FN3O4. The number of carbonyl (C=O) groups excluding carboxylic acids is 2. The third-order valence-corrected chi connectivity index (χ3v) is 4.62. The molecule has 0 saturated carbocycles. The van der Waals surface area contributed by atoms with E-state index in [2.05, 4.69) is 15.8 Å². The predicted molar refractivity (Wildman–Crippen MR) is 120 cm³/mol. The fourth-order valence-corrected chi connectivity index (χ4v) is 2.87. The highest BCUT2D eigenvalue weighted by atomic mass is 19.1. The fourth-order valence-electron chi connectivity index (χ4n) is 2.87. The van der Waals surface area contributed by atoms with Gasteiger partial charge in [0.1, 0.15) is 17.3 Å². The summed E-state index contributed by atoms with van der Waals surface area (Å²) in [6.07, 6.45) is 0. The lowest BCUT2D eigenvalue weighted by Crippen LogP contribution is -2.20. The van der Waals surface area contributed by atoms with Crippen LogP contribution in [0.3, 0.4) is 0 Å². The Morgan fingerprint density at radius 1 is 0.875 bits per heavy atom. The van der Waals surface area contributed by atoms with Crippen molar-refractivity contribution >= 4 is 23.2 Å². The smallest absolute Gasteiger partial charge is 0.275 e. The molecule has 0 aliphatic rings. The van der Waals surface area contributed by atoms with Gasteiger partial charge in [0.05, 0.1) is 25.5 Å². The molecule has 2 amide bonds. The van der Waals surface area contributed by atoms with Gasteiger partial charge in [0.2, 0.25) is 0 Å². The molecule has 164 valence electrons. The largest absolute Gasteiger partial charge is 0.497 e. The lowest BCUT2D eigenvalue weighted by atomic mass is 10.1. The summed E-state index contributed by atoms with van der Waals surface area (Å²) >= 11 is 0. The lowest BCUT2D eigenvalue weighted by molar-refractivity contribution is 0.0951. The number of carbonyl (C=O) groups is 2. The standard InChI is InChI=1S/C24H22FN3O4/c1-15(27-28-24(30)21-12-11-20(31-2)14-22(21)32-3)17-5-4-6-19(13-17)26-23(29)16-7-9-18(25)10-8-16/h4-14H,1-3H3,(H,26,29)(H,28,30)/b27-15+. The Morgan fingerprint density at radius 2 is 1.62 bits per heavy atom. The van der Waals surface area contributed by atoms with Gasteiger partial charge in [-0.1, -0.05) is 12.1 Å². The fraction of sp³-hybridized carbons (Fsp3) is 0.125. The normalized spacial score (nSPS) is 10.9. The van der Waals surface area contributed by atoms with E-state index < -0.39 is 11.7 Å². The van der Waals surface area contributed by atoms with Gasteiger partial charge in [0, 0.05) is 17.3 Å². The minimum Gasteiger partial charge on any atom is -0.497 e. The van der Waals surface area contributed by atoms with E-state index in [0.717, 1.165) is 0 Å². The zero-order valence-electron chi connectivity index (χ0n) is 17.8. The average molecular weight is 435 g/mol. The van der Waals surface area contributed by atoms with Crippen molar-refractivity contribution in [3.8, 4) is 11.5 Å². The number of nitrogens with one attached hydrogen (secondary N) is 2. The van der Waals surface area contributed by atoms with Crippen molar-refractivity contribution in [1.29, 1.82) is 0 Å². The molecule has 0 aromatic heterocycles. The SMILES string of the molecule is COc1ccc(C(=O)N/N=C(\C)c2cccc(NC(=O)c3ccc(F)cc3)c2)c(OC)c1. The molecule has 0 heterocycles. The molecule has 3 aromatic carbocycles. The van der Waals surface area contributed by atoms with E-state index in [1.807, 2.05) is 0 Å². The molecule has 0 saturated heterocycles. The second-order valence-corrected chi connectivity index (χ2v) is 6.75. The summed E-state index contributed by atoms with van der Waals surface area (Å²) in [7, 11) is 2.99. The lowest BCUT2D eigenvalue weighted by Gasteiger charge is -2.10. The zero-order valence-corrected chi connectivity index (χ0v) is 17.8. The molecule has 2 N–H and O–H groups in total. The van der Waals surface area contributed by atoms with Gasteiger partial charge in [-0.2, -0.15) is 5.10 Å². The third kappa shape index (κ3) is 5.48. The number of rotatable bonds is 7. The van der Waals surface area contributed by atoms with E-state index >= 15 is 0 Å². The van der Waals surface area contributed by atoms with Crippen molar-refractivity contribution in [2.45, 2.75) is 6.92 Å². The summed E-state index contributed by atoms with van der Waals surface area (Å²) in [5.41, 5.74) is 4.92. The van der Waals surface area contributed by atoms with Crippen LogP contribution in [0.15, 0.2) is 71.8 Å². The first-order chi connectivity index (χ1) is 15.4. The molecule has 0 aliphatic carbocycles. The first-order valence-corrected chi connectivity index (χ1v) is 9.65. The van der Waals surface area contributed by atoms with Gasteiger partial charge in [-0.15, -0.1) is 0 Å². The molecule has 8 heteroatoms. The van der Waals surface area contributed by atoms with E-state index in [0.29, 0.717) is 39.6 Å².